The second-order valence-corrected chi connectivity index (χ2v) is 7.43. The molecule has 1 aliphatic carbocycles. The third kappa shape index (κ3) is 4.69. The van der Waals surface area contributed by atoms with E-state index in [0.29, 0.717) is 5.75 Å². The van der Waals surface area contributed by atoms with E-state index >= 15 is 0 Å². The zero-order chi connectivity index (χ0) is 21.6. The van der Waals surface area contributed by atoms with Crippen LogP contribution in [-0.4, -0.2) is 23.6 Å². The SMILES string of the molecule is O=C(O)COc1cccc2c1CCCC2C(=O)NN(c1ccccc1)c1ccccc1. The molecule has 1 aliphatic rings. The Kier molecular flexibility index (Phi) is 6.17. The second-order valence-electron chi connectivity index (χ2n) is 7.43. The molecule has 2 N–H and O–H groups in total. The number of aliphatic carboxylic acids is 1. The number of carboxylic acids is 1. The molecule has 1 amide bonds. The first kappa shape index (κ1) is 20.5. The van der Waals surface area contributed by atoms with Gasteiger partial charge in [0, 0.05) is 0 Å². The minimum atomic E-state index is -1.02. The van der Waals surface area contributed by atoms with E-state index < -0.39 is 12.6 Å². The van der Waals surface area contributed by atoms with Crippen molar-refractivity contribution in [3.05, 3.63) is 90.0 Å². The highest BCUT2D eigenvalue weighted by molar-refractivity contribution is 5.87. The molecule has 0 aromatic heterocycles. The normalized spacial score (nSPS) is 14.9. The molecule has 0 fully saturated rings. The molecule has 3 aromatic carbocycles. The van der Waals surface area contributed by atoms with E-state index in [2.05, 4.69) is 5.43 Å². The lowest BCUT2D eigenvalue weighted by molar-refractivity contribution is -0.139. The summed E-state index contributed by atoms with van der Waals surface area (Å²) in [5.74, 6) is -0.930. The Morgan fingerprint density at radius 2 is 1.58 bits per heavy atom. The molecule has 0 bridgehead atoms. The first-order valence-electron chi connectivity index (χ1n) is 10.3. The van der Waals surface area contributed by atoms with Gasteiger partial charge < -0.3 is 9.84 Å². The third-order valence-corrected chi connectivity index (χ3v) is 5.38. The number of carbonyl (C=O) groups is 2. The van der Waals surface area contributed by atoms with Crippen molar-refractivity contribution in [3.8, 4) is 5.75 Å². The number of hydrazine groups is 1. The number of hydrogen-bond acceptors (Lipinski definition) is 4. The van der Waals surface area contributed by atoms with Gasteiger partial charge in [-0.2, -0.15) is 0 Å². The summed E-state index contributed by atoms with van der Waals surface area (Å²) < 4.78 is 5.47. The Hall–Kier alpha value is -3.80. The standard InChI is InChI=1S/C25H24N2O4/c28-24(29)17-31-23-16-8-13-20-21(23)14-7-15-22(20)25(30)26-27(18-9-3-1-4-10-18)19-11-5-2-6-12-19/h1-6,8-13,16,22H,7,14-15,17H2,(H,26,30)(H,28,29). The number of nitrogens with one attached hydrogen (secondary N) is 1. The summed E-state index contributed by atoms with van der Waals surface area (Å²) in [5.41, 5.74) is 6.62. The minimum Gasteiger partial charge on any atom is -0.482 e. The Bertz CT molecular complexity index is 1010. The van der Waals surface area contributed by atoms with Crippen LogP contribution in [0, 0.1) is 0 Å². The molecule has 0 spiro atoms. The van der Waals surface area contributed by atoms with E-state index in [9.17, 15) is 9.59 Å². The fraction of sp³-hybridized carbons (Fsp3) is 0.200. The Balaban J connectivity index is 1.61. The molecule has 6 nitrogen and oxygen atoms in total. The molecule has 1 unspecified atom stereocenters. The number of carbonyl (C=O) groups excluding carboxylic acids is 1. The summed E-state index contributed by atoms with van der Waals surface area (Å²) in [4.78, 5) is 24.3. The van der Waals surface area contributed by atoms with Crippen molar-refractivity contribution in [1.82, 2.24) is 5.43 Å². The largest absolute Gasteiger partial charge is 0.482 e. The third-order valence-electron chi connectivity index (χ3n) is 5.38. The predicted octanol–water partition coefficient (Wildman–Crippen LogP) is 4.44. The van der Waals surface area contributed by atoms with E-state index in [4.69, 9.17) is 9.84 Å². The molecule has 0 radical (unpaired) electrons. The van der Waals surface area contributed by atoms with Crippen molar-refractivity contribution in [1.29, 1.82) is 0 Å². The van der Waals surface area contributed by atoms with Crippen LogP contribution in [0.25, 0.3) is 0 Å². The van der Waals surface area contributed by atoms with Crippen molar-refractivity contribution in [3.63, 3.8) is 0 Å². The van der Waals surface area contributed by atoms with Crippen LogP contribution >= 0.6 is 0 Å². The maximum absolute atomic E-state index is 13.4. The van der Waals surface area contributed by atoms with Crippen LogP contribution < -0.4 is 15.2 Å². The minimum absolute atomic E-state index is 0.107. The van der Waals surface area contributed by atoms with Gasteiger partial charge in [0.25, 0.3) is 0 Å². The summed E-state index contributed by atoms with van der Waals surface area (Å²) >= 11 is 0. The first-order valence-corrected chi connectivity index (χ1v) is 10.3. The summed E-state index contributed by atoms with van der Waals surface area (Å²) in [6.07, 6.45) is 2.31. The monoisotopic (exact) mass is 416 g/mol. The second kappa shape index (κ2) is 9.34. The Morgan fingerprint density at radius 1 is 0.935 bits per heavy atom. The van der Waals surface area contributed by atoms with Gasteiger partial charge in [0.1, 0.15) is 5.75 Å². The molecule has 31 heavy (non-hydrogen) atoms. The van der Waals surface area contributed by atoms with Crippen molar-refractivity contribution in [2.24, 2.45) is 0 Å². The summed E-state index contributed by atoms with van der Waals surface area (Å²) in [6.45, 7) is -0.400. The van der Waals surface area contributed by atoms with Gasteiger partial charge in [-0.1, -0.05) is 48.5 Å². The molecule has 158 valence electrons. The molecule has 0 saturated heterocycles. The highest BCUT2D eigenvalue weighted by Crippen LogP contribution is 2.37. The lowest BCUT2D eigenvalue weighted by atomic mass is 9.82. The van der Waals surface area contributed by atoms with E-state index in [0.717, 1.165) is 41.8 Å². The number of fused-ring (bicyclic) bond motifs is 1. The molecule has 6 heteroatoms. The summed E-state index contributed by atoms with van der Waals surface area (Å²) in [6, 6.07) is 24.9. The Labute approximate surface area is 181 Å². The summed E-state index contributed by atoms with van der Waals surface area (Å²) in [7, 11) is 0. The van der Waals surface area contributed by atoms with Gasteiger partial charge in [0.2, 0.25) is 5.91 Å². The van der Waals surface area contributed by atoms with Crippen LogP contribution in [0.4, 0.5) is 11.4 Å². The average Bonchev–Trinajstić information content (AvgIpc) is 2.81. The molecule has 3 aromatic rings. The first-order chi connectivity index (χ1) is 15.1. The number of amides is 1. The smallest absolute Gasteiger partial charge is 0.341 e. The summed E-state index contributed by atoms with van der Waals surface area (Å²) in [5, 5.41) is 10.7. The van der Waals surface area contributed by atoms with Crippen molar-refractivity contribution >= 4 is 23.3 Å². The van der Waals surface area contributed by atoms with E-state index in [1.54, 1.807) is 11.1 Å². The van der Waals surface area contributed by atoms with Crippen LogP contribution in [-0.2, 0) is 16.0 Å². The van der Waals surface area contributed by atoms with E-state index in [1.165, 1.54) is 0 Å². The molecule has 0 heterocycles. The quantitative estimate of drug-likeness (QED) is 0.557. The number of benzene rings is 3. The topological polar surface area (TPSA) is 78.9 Å². The van der Waals surface area contributed by atoms with Gasteiger partial charge in [-0.15, -0.1) is 0 Å². The number of rotatable bonds is 7. The fourth-order valence-electron chi connectivity index (χ4n) is 3.98. The van der Waals surface area contributed by atoms with E-state index in [-0.39, 0.29) is 11.8 Å². The number of hydrogen-bond donors (Lipinski definition) is 2. The molecule has 0 aliphatic heterocycles. The zero-order valence-corrected chi connectivity index (χ0v) is 17.0. The van der Waals surface area contributed by atoms with Gasteiger partial charge in [-0.05, 0) is 60.7 Å². The highest BCUT2D eigenvalue weighted by Gasteiger charge is 2.30. The molecule has 0 saturated carbocycles. The maximum Gasteiger partial charge on any atom is 0.341 e. The van der Waals surface area contributed by atoms with Crippen LogP contribution in [0.1, 0.15) is 29.9 Å². The van der Waals surface area contributed by atoms with Crippen LogP contribution in [0.3, 0.4) is 0 Å². The number of anilines is 2. The average molecular weight is 416 g/mol. The molecular weight excluding hydrogens is 392 g/mol. The van der Waals surface area contributed by atoms with Gasteiger partial charge in [0.05, 0.1) is 17.3 Å². The number of nitrogens with zero attached hydrogens (tertiary/aromatic N) is 1. The molecule has 4 rings (SSSR count). The Morgan fingerprint density at radius 3 is 2.19 bits per heavy atom. The molecule has 1 atom stereocenters. The predicted molar refractivity (Wildman–Crippen MR) is 118 cm³/mol. The van der Waals surface area contributed by atoms with Crippen LogP contribution in [0.5, 0.6) is 5.75 Å². The van der Waals surface area contributed by atoms with Crippen molar-refractivity contribution < 1.29 is 19.4 Å². The van der Waals surface area contributed by atoms with E-state index in [1.807, 2.05) is 72.8 Å². The van der Waals surface area contributed by atoms with Crippen molar-refractivity contribution in [2.75, 3.05) is 11.6 Å². The van der Waals surface area contributed by atoms with Gasteiger partial charge in [-0.25, -0.2) is 4.79 Å². The maximum atomic E-state index is 13.4. The lowest BCUT2D eigenvalue weighted by Crippen LogP contribution is -2.42. The van der Waals surface area contributed by atoms with Crippen LogP contribution in [0.15, 0.2) is 78.9 Å². The fourth-order valence-corrected chi connectivity index (χ4v) is 3.98. The number of para-hydroxylation sites is 2. The van der Waals surface area contributed by atoms with Gasteiger partial charge in [0.15, 0.2) is 6.61 Å². The highest BCUT2D eigenvalue weighted by atomic mass is 16.5. The number of carboxylic acid groups (broad SMARTS) is 1. The number of ether oxygens (including phenoxy) is 1. The zero-order valence-electron chi connectivity index (χ0n) is 17.0. The van der Waals surface area contributed by atoms with Gasteiger partial charge in [-0.3, -0.25) is 15.2 Å². The van der Waals surface area contributed by atoms with Crippen LogP contribution in [0.2, 0.25) is 0 Å². The lowest BCUT2D eigenvalue weighted by Gasteiger charge is -2.31. The molecular formula is C25H24N2O4. The van der Waals surface area contributed by atoms with Crippen molar-refractivity contribution in [2.45, 2.75) is 25.2 Å². The van der Waals surface area contributed by atoms with Gasteiger partial charge >= 0.3 is 5.97 Å².